The summed E-state index contributed by atoms with van der Waals surface area (Å²) >= 11 is 1.27. The van der Waals surface area contributed by atoms with Crippen molar-refractivity contribution in [1.82, 2.24) is 10.2 Å². The van der Waals surface area contributed by atoms with Gasteiger partial charge in [-0.25, -0.2) is 0 Å². The van der Waals surface area contributed by atoms with Crippen LogP contribution in [0.25, 0.3) is 0 Å². The van der Waals surface area contributed by atoms with E-state index in [0.717, 1.165) is 0 Å². The number of nitrogens with one attached hydrogen (secondary N) is 1. The lowest BCUT2D eigenvalue weighted by Crippen LogP contribution is -2.45. The van der Waals surface area contributed by atoms with Gasteiger partial charge in [0.05, 0.1) is 6.04 Å². The molecule has 86 valence electrons. The van der Waals surface area contributed by atoms with Gasteiger partial charge in [0.25, 0.3) is 0 Å². The highest BCUT2D eigenvalue weighted by Crippen LogP contribution is 2.19. The van der Waals surface area contributed by atoms with Gasteiger partial charge < -0.3 is 5.73 Å². The first-order chi connectivity index (χ1) is 6.41. The minimum atomic E-state index is -0.550. The van der Waals surface area contributed by atoms with Crippen LogP contribution >= 0.6 is 23.7 Å². The minimum Gasteiger partial charge on any atom is -0.319 e. The predicted octanol–water partition coefficient (Wildman–Crippen LogP) is 1.27. The van der Waals surface area contributed by atoms with Crippen molar-refractivity contribution in [1.29, 1.82) is 0 Å². The number of aromatic nitrogens is 2. The van der Waals surface area contributed by atoms with E-state index in [9.17, 15) is 4.79 Å². The highest BCUT2D eigenvalue weighted by atomic mass is 35.5. The third kappa shape index (κ3) is 4.11. The van der Waals surface area contributed by atoms with Gasteiger partial charge in [0.15, 0.2) is 0 Å². The van der Waals surface area contributed by atoms with Gasteiger partial charge in [-0.3, -0.25) is 10.1 Å². The van der Waals surface area contributed by atoms with E-state index in [1.54, 1.807) is 5.51 Å². The van der Waals surface area contributed by atoms with E-state index in [-0.39, 0.29) is 23.7 Å². The summed E-state index contributed by atoms with van der Waals surface area (Å²) < 4.78 is 0. The molecule has 1 aromatic rings. The Morgan fingerprint density at radius 1 is 1.60 bits per heavy atom. The van der Waals surface area contributed by atoms with Gasteiger partial charge in [-0.2, -0.15) is 0 Å². The van der Waals surface area contributed by atoms with Crippen molar-refractivity contribution in [2.75, 3.05) is 5.32 Å². The average molecular weight is 251 g/mol. The average Bonchev–Trinajstić information content (AvgIpc) is 2.53. The van der Waals surface area contributed by atoms with E-state index in [0.29, 0.717) is 5.13 Å². The summed E-state index contributed by atoms with van der Waals surface area (Å²) in [5, 5.41) is 10.4. The smallest absolute Gasteiger partial charge is 0.243 e. The second-order valence-corrected chi connectivity index (χ2v) is 4.91. The molecule has 1 amide bonds. The molecule has 1 rings (SSSR count). The molecule has 1 heterocycles. The van der Waals surface area contributed by atoms with Crippen LogP contribution in [0, 0.1) is 5.41 Å². The third-order valence-corrected chi connectivity index (χ3v) is 2.41. The molecule has 0 saturated heterocycles. The Hall–Kier alpha value is -0.720. The van der Waals surface area contributed by atoms with Gasteiger partial charge in [0.1, 0.15) is 5.51 Å². The van der Waals surface area contributed by atoms with Gasteiger partial charge in [-0.15, -0.1) is 22.6 Å². The number of carbonyl (C=O) groups is 1. The maximum Gasteiger partial charge on any atom is 0.243 e. The molecule has 0 spiro atoms. The topological polar surface area (TPSA) is 80.9 Å². The lowest BCUT2D eigenvalue weighted by molar-refractivity contribution is -0.119. The number of amides is 1. The second kappa shape index (κ2) is 5.39. The maximum absolute atomic E-state index is 11.6. The summed E-state index contributed by atoms with van der Waals surface area (Å²) in [6.07, 6.45) is 0. The Morgan fingerprint density at radius 3 is 2.60 bits per heavy atom. The molecule has 1 atom stereocenters. The van der Waals surface area contributed by atoms with E-state index in [4.69, 9.17) is 5.73 Å². The molecule has 5 nitrogen and oxygen atoms in total. The molecule has 0 aliphatic heterocycles. The van der Waals surface area contributed by atoms with Crippen LogP contribution in [0.4, 0.5) is 5.13 Å². The Labute approximate surface area is 98.9 Å². The lowest BCUT2D eigenvalue weighted by Gasteiger charge is -2.25. The predicted molar refractivity (Wildman–Crippen MR) is 63.2 cm³/mol. The molecular weight excluding hydrogens is 236 g/mol. The number of halogens is 1. The number of carbonyl (C=O) groups excluding carboxylic acids is 1. The van der Waals surface area contributed by atoms with E-state index in [1.807, 2.05) is 20.8 Å². The number of nitrogens with zero attached hydrogens (tertiary/aromatic N) is 2. The number of nitrogens with two attached hydrogens (primary N) is 1. The van der Waals surface area contributed by atoms with Crippen LogP contribution in [0.15, 0.2) is 5.51 Å². The van der Waals surface area contributed by atoms with Gasteiger partial charge in [0.2, 0.25) is 11.0 Å². The number of hydrogen-bond acceptors (Lipinski definition) is 5. The molecule has 3 N–H and O–H groups in total. The molecule has 0 fully saturated rings. The quantitative estimate of drug-likeness (QED) is 0.828. The number of hydrogen-bond donors (Lipinski definition) is 2. The van der Waals surface area contributed by atoms with Gasteiger partial charge in [-0.1, -0.05) is 32.1 Å². The van der Waals surface area contributed by atoms with Gasteiger partial charge >= 0.3 is 0 Å². The third-order valence-electron chi connectivity index (χ3n) is 1.81. The summed E-state index contributed by atoms with van der Waals surface area (Å²) in [5.74, 6) is -0.228. The van der Waals surface area contributed by atoms with Crippen molar-refractivity contribution in [3.8, 4) is 0 Å². The molecule has 0 unspecified atom stereocenters. The molecule has 0 radical (unpaired) electrons. The molecule has 0 bridgehead atoms. The fourth-order valence-electron chi connectivity index (χ4n) is 0.804. The molecule has 7 heteroatoms. The Balaban J connectivity index is 0.00000196. The Morgan fingerprint density at radius 2 is 2.20 bits per heavy atom. The minimum absolute atomic E-state index is 0. The summed E-state index contributed by atoms with van der Waals surface area (Å²) in [7, 11) is 0. The van der Waals surface area contributed by atoms with Crippen molar-refractivity contribution in [2.24, 2.45) is 11.1 Å². The van der Waals surface area contributed by atoms with E-state index in [2.05, 4.69) is 15.5 Å². The molecule has 0 aromatic carbocycles. The first kappa shape index (κ1) is 14.3. The van der Waals surface area contributed by atoms with Crippen LogP contribution in [0.1, 0.15) is 20.8 Å². The van der Waals surface area contributed by atoms with Crippen LogP contribution in [-0.2, 0) is 4.79 Å². The summed E-state index contributed by atoms with van der Waals surface area (Å²) in [4.78, 5) is 11.6. The van der Waals surface area contributed by atoms with Crippen LogP contribution in [0.2, 0.25) is 0 Å². The van der Waals surface area contributed by atoms with Crippen molar-refractivity contribution in [3.63, 3.8) is 0 Å². The molecule has 0 saturated carbocycles. The largest absolute Gasteiger partial charge is 0.319 e. The van der Waals surface area contributed by atoms with Crippen LogP contribution in [0.5, 0.6) is 0 Å². The zero-order valence-electron chi connectivity index (χ0n) is 8.85. The fraction of sp³-hybridized carbons (Fsp3) is 0.625. The van der Waals surface area contributed by atoms with E-state index < -0.39 is 6.04 Å². The van der Waals surface area contributed by atoms with Gasteiger partial charge in [-0.05, 0) is 5.41 Å². The molecule has 0 aliphatic carbocycles. The van der Waals surface area contributed by atoms with Gasteiger partial charge in [0, 0.05) is 0 Å². The highest BCUT2D eigenvalue weighted by molar-refractivity contribution is 7.13. The first-order valence-corrected chi connectivity index (χ1v) is 5.12. The molecular formula is C8H15ClN4OS. The Bertz CT molecular complexity index is 309. The summed E-state index contributed by atoms with van der Waals surface area (Å²) in [6, 6.07) is -0.550. The zero-order valence-corrected chi connectivity index (χ0v) is 10.5. The number of anilines is 1. The fourth-order valence-corrected chi connectivity index (χ4v) is 1.25. The SMILES string of the molecule is CC(C)(C)[C@H](N)C(=O)Nc1nncs1.Cl. The highest BCUT2D eigenvalue weighted by Gasteiger charge is 2.27. The standard InChI is InChI=1S/C8H14N4OS.ClH/c1-8(2,3)5(9)6(13)11-7-12-10-4-14-7;/h4-5H,9H2,1-3H3,(H,11,12,13);1H/t5-;/m1./s1. The van der Waals surface area contributed by atoms with Crippen LogP contribution in [0.3, 0.4) is 0 Å². The molecule has 0 aliphatic rings. The normalized spacial score (nSPS) is 12.8. The van der Waals surface area contributed by atoms with Crippen molar-refractivity contribution < 1.29 is 4.79 Å². The van der Waals surface area contributed by atoms with E-state index in [1.165, 1.54) is 11.3 Å². The molecule has 15 heavy (non-hydrogen) atoms. The molecule has 1 aromatic heterocycles. The van der Waals surface area contributed by atoms with Crippen molar-refractivity contribution >= 4 is 34.8 Å². The first-order valence-electron chi connectivity index (χ1n) is 4.24. The van der Waals surface area contributed by atoms with Crippen molar-refractivity contribution in [3.05, 3.63) is 5.51 Å². The zero-order chi connectivity index (χ0) is 10.8. The van der Waals surface area contributed by atoms with Crippen LogP contribution < -0.4 is 11.1 Å². The van der Waals surface area contributed by atoms with Crippen LogP contribution in [-0.4, -0.2) is 22.1 Å². The lowest BCUT2D eigenvalue weighted by atomic mass is 9.87. The maximum atomic E-state index is 11.6. The number of rotatable bonds is 2. The monoisotopic (exact) mass is 250 g/mol. The van der Waals surface area contributed by atoms with Crippen molar-refractivity contribution in [2.45, 2.75) is 26.8 Å². The second-order valence-electron chi connectivity index (χ2n) is 4.08. The Kier molecular flexibility index (Phi) is 5.13. The van der Waals surface area contributed by atoms with E-state index >= 15 is 0 Å². The summed E-state index contributed by atoms with van der Waals surface area (Å²) in [6.45, 7) is 5.74. The summed E-state index contributed by atoms with van der Waals surface area (Å²) in [5.41, 5.74) is 7.05.